The third-order valence-electron chi connectivity index (χ3n) is 4.79. The number of H-pyrrole nitrogens is 1. The summed E-state index contributed by atoms with van der Waals surface area (Å²) < 4.78 is 37.9. The summed E-state index contributed by atoms with van der Waals surface area (Å²) in [5.74, 6) is -0.454. The summed E-state index contributed by atoms with van der Waals surface area (Å²) in [5.41, 5.74) is 1.41. The number of aromatic nitrogens is 3. The van der Waals surface area contributed by atoms with E-state index in [1.54, 1.807) is 0 Å². The summed E-state index contributed by atoms with van der Waals surface area (Å²) in [6.07, 6.45) is -3.62. The second kappa shape index (κ2) is 8.18. The Morgan fingerprint density at radius 3 is 2.64 bits per heavy atom. The van der Waals surface area contributed by atoms with Crippen LogP contribution in [0.25, 0.3) is 0 Å². The highest BCUT2D eigenvalue weighted by molar-refractivity contribution is 7.10. The van der Waals surface area contributed by atoms with Crippen molar-refractivity contribution in [1.82, 2.24) is 20.1 Å². The van der Waals surface area contributed by atoms with Gasteiger partial charge in [-0.25, -0.2) is 9.78 Å². The van der Waals surface area contributed by atoms with Crippen molar-refractivity contribution in [2.75, 3.05) is 13.1 Å². The molecule has 11 heteroatoms. The molecule has 0 bridgehead atoms. The number of aryl methyl sites for hydroxylation is 2. The van der Waals surface area contributed by atoms with Crippen LogP contribution in [0.5, 0.6) is 0 Å². The molecule has 2 N–H and O–H groups in total. The van der Waals surface area contributed by atoms with E-state index in [0.29, 0.717) is 12.0 Å². The number of likely N-dealkylation sites (tertiary alicyclic amines) is 1. The topological polar surface area (TPSA) is 91.3 Å². The highest BCUT2D eigenvalue weighted by Gasteiger charge is 2.43. The Kier molecular flexibility index (Phi) is 6.06. The molecule has 154 valence electrons. The van der Waals surface area contributed by atoms with E-state index in [1.807, 2.05) is 18.3 Å². The maximum absolute atomic E-state index is 10.6. The number of nitrogens with zero attached hydrogens (tertiary/aromatic N) is 3. The molecule has 0 aromatic carbocycles. The normalized spacial score (nSPS) is 24.7. The number of fused-ring (bicyclic) bond motifs is 1. The molecule has 2 aliphatic rings. The van der Waals surface area contributed by atoms with Gasteiger partial charge in [0.1, 0.15) is 11.9 Å². The Bertz CT molecular complexity index is 809. The summed E-state index contributed by atoms with van der Waals surface area (Å²) in [5, 5.41) is 16.5. The number of hydrogen-bond donors (Lipinski definition) is 2. The first-order valence-corrected chi connectivity index (χ1v) is 9.61. The van der Waals surface area contributed by atoms with Gasteiger partial charge in [0.25, 0.3) is 0 Å². The number of carbonyl (C=O) groups is 1. The molecule has 28 heavy (non-hydrogen) atoms. The molecule has 0 spiro atoms. The average molecular weight is 418 g/mol. The Morgan fingerprint density at radius 1 is 1.43 bits per heavy atom. The Labute approximate surface area is 163 Å². The van der Waals surface area contributed by atoms with Gasteiger partial charge in [0, 0.05) is 30.4 Å². The summed E-state index contributed by atoms with van der Waals surface area (Å²) in [6.45, 7) is 7.34. The lowest BCUT2D eigenvalue weighted by Crippen LogP contribution is -2.23. The van der Waals surface area contributed by atoms with Crippen molar-refractivity contribution in [3.05, 3.63) is 33.5 Å². The molecule has 3 atom stereocenters. The van der Waals surface area contributed by atoms with Gasteiger partial charge in [-0.15, -0.1) is 11.3 Å². The Morgan fingerprint density at radius 2 is 2.14 bits per heavy atom. The zero-order valence-corrected chi connectivity index (χ0v) is 16.2. The molecule has 0 aliphatic carbocycles. The van der Waals surface area contributed by atoms with Gasteiger partial charge in [0.05, 0.1) is 6.10 Å². The summed E-state index contributed by atoms with van der Waals surface area (Å²) >= 11 is 1.86. The van der Waals surface area contributed by atoms with Crippen molar-refractivity contribution in [2.24, 2.45) is 5.92 Å². The van der Waals surface area contributed by atoms with Crippen LogP contribution in [-0.2, 0) is 16.1 Å². The number of nitrogens with one attached hydrogen (secondary N) is 1. The lowest BCUT2D eigenvalue weighted by Gasteiger charge is -2.17. The maximum Gasteiger partial charge on any atom is 0.490 e. The minimum Gasteiger partial charge on any atom is -0.475 e. The monoisotopic (exact) mass is 418 g/mol. The number of aromatic amines is 1. The van der Waals surface area contributed by atoms with Crippen LogP contribution >= 0.6 is 11.3 Å². The van der Waals surface area contributed by atoms with Crippen molar-refractivity contribution >= 4 is 17.3 Å². The average Bonchev–Trinajstić information content (AvgIpc) is 3.33. The van der Waals surface area contributed by atoms with E-state index in [2.05, 4.69) is 38.5 Å². The van der Waals surface area contributed by atoms with Crippen molar-refractivity contribution < 1.29 is 27.8 Å². The smallest absolute Gasteiger partial charge is 0.475 e. The van der Waals surface area contributed by atoms with Crippen LogP contribution in [0.15, 0.2) is 11.4 Å². The predicted molar refractivity (Wildman–Crippen MR) is 94.9 cm³/mol. The number of thiophene rings is 1. The third kappa shape index (κ3) is 4.89. The molecule has 2 aliphatic heterocycles. The number of halogens is 3. The highest BCUT2D eigenvalue weighted by Crippen LogP contribution is 2.40. The van der Waals surface area contributed by atoms with Gasteiger partial charge in [-0.2, -0.15) is 18.3 Å². The largest absolute Gasteiger partial charge is 0.490 e. The van der Waals surface area contributed by atoms with Crippen LogP contribution in [0, 0.1) is 19.8 Å². The van der Waals surface area contributed by atoms with Crippen LogP contribution in [0.1, 0.15) is 34.6 Å². The molecule has 0 amide bonds. The first kappa shape index (κ1) is 20.7. The second-order valence-corrected chi connectivity index (χ2v) is 7.96. The third-order valence-corrected chi connectivity index (χ3v) is 5.80. The van der Waals surface area contributed by atoms with Crippen molar-refractivity contribution in [3.63, 3.8) is 0 Å². The van der Waals surface area contributed by atoms with Crippen LogP contribution in [0.3, 0.4) is 0 Å². The van der Waals surface area contributed by atoms with E-state index in [0.717, 1.165) is 37.7 Å². The number of aliphatic carboxylic acids is 1. The molecule has 0 radical (unpaired) electrons. The van der Waals surface area contributed by atoms with Crippen molar-refractivity contribution in [2.45, 2.75) is 45.2 Å². The first-order chi connectivity index (χ1) is 13.1. The molecule has 2 saturated heterocycles. The summed E-state index contributed by atoms with van der Waals surface area (Å²) in [7, 11) is 0. The van der Waals surface area contributed by atoms with Crippen LogP contribution in [0.4, 0.5) is 13.2 Å². The fourth-order valence-electron chi connectivity index (χ4n) is 3.42. The fourth-order valence-corrected chi connectivity index (χ4v) is 4.37. The standard InChI is InChI=1S/C15H20N4OS.C2HF3O2/c1-9-3-4-21-14(9)8-19-6-11-5-12(20-13(11)7-19)15-16-10(2)17-18-15;3-2(4,5)1(6)7/h3-4,11-13H,5-8H2,1-2H3,(H,16,17,18);(H,6,7)/t11-,12-,13+;/m0./s1. The zero-order chi connectivity index (χ0) is 20.5. The van der Waals surface area contributed by atoms with Gasteiger partial charge < -0.3 is 9.84 Å². The van der Waals surface area contributed by atoms with Gasteiger partial charge in [0.15, 0.2) is 5.82 Å². The summed E-state index contributed by atoms with van der Waals surface area (Å²) in [4.78, 5) is 17.3. The molecule has 2 fully saturated rings. The Hall–Kier alpha value is -1.98. The molecule has 4 heterocycles. The van der Waals surface area contributed by atoms with E-state index < -0.39 is 12.1 Å². The molecule has 0 saturated carbocycles. The molecular formula is C17H21F3N4O3S. The molecule has 0 unspecified atom stereocenters. The minimum atomic E-state index is -5.08. The SMILES string of the molecule is Cc1nc([C@@H]2C[C@H]3CN(Cc4sccc4C)C[C@H]3O2)n[nH]1.O=C(O)C(F)(F)F. The summed E-state index contributed by atoms with van der Waals surface area (Å²) in [6, 6.07) is 2.20. The van der Waals surface area contributed by atoms with Crippen molar-refractivity contribution in [1.29, 1.82) is 0 Å². The lowest BCUT2D eigenvalue weighted by molar-refractivity contribution is -0.192. The minimum absolute atomic E-state index is 0.0792. The number of carboxylic acid groups (broad SMARTS) is 1. The second-order valence-electron chi connectivity index (χ2n) is 6.96. The van der Waals surface area contributed by atoms with E-state index in [-0.39, 0.29) is 6.10 Å². The van der Waals surface area contributed by atoms with Gasteiger partial charge in [-0.3, -0.25) is 10.00 Å². The van der Waals surface area contributed by atoms with Crippen LogP contribution < -0.4 is 0 Å². The van der Waals surface area contributed by atoms with E-state index in [4.69, 9.17) is 14.6 Å². The van der Waals surface area contributed by atoms with Gasteiger partial charge in [-0.1, -0.05) is 0 Å². The van der Waals surface area contributed by atoms with Crippen LogP contribution in [-0.4, -0.2) is 56.5 Å². The fraction of sp³-hybridized carbons (Fsp3) is 0.588. The molecule has 2 aromatic heterocycles. The Balaban J connectivity index is 0.000000279. The lowest BCUT2D eigenvalue weighted by atomic mass is 10.0. The zero-order valence-electron chi connectivity index (χ0n) is 15.4. The number of ether oxygens (including phenoxy) is 1. The van der Waals surface area contributed by atoms with E-state index in [1.165, 1.54) is 10.4 Å². The number of hydrogen-bond acceptors (Lipinski definition) is 6. The van der Waals surface area contributed by atoms with E-state index in [9.17, 15) is 13.2 Å². The maximum atomic E-state index is 10.6. The number of carboxylic acids is 1. The van der Waals surface area contributed by atoms with Gasteiger partial charge >= 0.3 is 12.1 Å². The highest BCUT2D eigenvalue weighted by atomic mass is 32.1. The molecule has 4 rings (SSSR count). The quantitative estimate of drug-likeness (QED) is 0.796. The van der Waals surface area contributed by atoms with Gasteiger partial charge in [-0.05, 0) is 37.3 Å². The van der Waals surface area contributed by atoms with Gasteiger partial charge in [0.2, 0.25) is 0 Å². The number of rotatable bonds is 3. The van der Waals surface area contributed by atoms with E-state index >= 15 is 0 Å². The first-order valence-electron chi connectivity index (χ1n) is 8.73. The van der Waals surface area contributed by atoms with Crippen LogP contribution in [0.2, 0.25) is 0 Å². The van der Waals surface area contributed by atoms with Crippen molar-refractivity contribution in [3.8, 4) is 0 Å². The number of alkyl halides is 3. The predicted octanol–water partition coefficient (Wildman–Crippen LogP) is 3.08. The molecular weight excluding hydrogens is 397 g/mol. The molecule has 2 aromatic rings. The molecule has 7 nitrogen and oxygen atoms in total.